The average molecular weight is 328 g/mol. The number of amides is 1. The minimum absolute atomic E-state index is 0. The first-order chi connectivity index (χ1) is 8.97. The summed E-state index contributed by atoms with van der Waals surface area (Å²) in [6.07, 6.45) is 5.59. The predicted molar refractivity (Wildman–Crippen MR) is 82.5 cm³/mol. The predicted octanol–water partition coefficient (Wildman–Crippen LogP) is 0.244. The van der Waals surface area contributed by atoms with E-state index in [0.717, 1.165) is 38.6 Å². The Balaban J connectivity index is 0.00000361. The fourth-order valence-electron chi connectivity index (χ4n) is 2.17. The number of rotatable bonds is 8. The van der Waals surface area contributed by atoms with Crippen molar-refractivity contribution < 1.29 is 13.2 Å². The van der Waals surface area contributed by atoms with Crippen LogP contribution in [0.4, 0.5) is 0 Å². The summed E-state index contributed by atoms with van der Waals surface area (Å²) in [5, 5.41) is 6.13. The van der Waals surface area contributed by atoms with Crippen molar-refractivity contribution >= 4 is 28.3 Å². The monoisotopic (exact) mass is 327 g/mol. The summed E-state index contributed by atoms with van der Waals surface area (Å²) in [4.78, 5) is 11.6. The molecule has 3 N–H and O–H groups in total. The van der Waals surface area contributed by atoms with Crippen LogP contribution in [0.15, 0.2) is 0 Å². The number of sulfonamides is 1. The molecule has 0 radical (unpaired) electrons. The van der Waals surface area contributed by atoms with Crippen LogP contribution in [0.25, 0.3) is 0 Å². The lowest BCUT2D eigenvalue weighted by Crippen LogP contribution is -2.31. The van der Waals surface area contributed by atoms with Gasteiger partial charge in [-0.25, -0.2) is 13.1 Å². The molecule has 0 aromatic heterocycles. The molecule has 1 amide bonds. The molecule has 1 aliphatic heterocycles. The van der Waals surface area contributed by atoms with Gasteiger partial charge in [0, 0.05) is 19.5 Å². The van der Waals surface area contributed by atoms with Crippen molar-refractivity contribution in [1.82, 2.24) is 15.4 Å². The van der Waals surface area contributed by atoms with Crippen LogP contribution < -0.4 is 15.4 Å². The highest BCUT2D eigenvalue weighted by atomic mass is 35.5. The quantitative estimate of drug-likeness (QED) is 0.557. The highest BCUT2D eigenvalue weighted by molar-refractivity contribution is 7.88. The lowest BCUT2D eigenvalue weighted by molar-refractivity contribution is -0.121. The van der Waals surface area contributed by atoms with Gasteiger partial charge in [0.15, 0.2) is 0 Å². The number of hydrogen-bond donors (Lipinski definition) is 3. The minimum Gasteiger partial charge on any atom is -0.356 e. The zero-order valence-electron chi connectivity index (χ0n) is 12.0. The summed E-state index contributed by atoms with van der Waals surface area (Å²) in [5.74, 6) is 0.733. The maximum atomic E-state index is 11.6. The molecule has 0 spiro atoms. The van der Waals surface area contributed by atoms with Crippen LogP contribution in [-0.4, -0.2) is 46.8 Å². The van der Waals surface area contributed by atoms with Crippen LogP contribution in [0.2, 0.25) is 0 Å². The van der Waals surface area contributed by atoms with Crippen LogP contribution in [0.3, 0.4) is 0 Å². The van der Waals surface area contributed by atoms with E-state index in [1.807, 2.05) is 0 Å². The molecule has 1 aliphatic rings. The standard InChI is InChI=1S/C12H25N3O3S.ClH/c1-19(17,18)15-8-2-7-14-12(16)4-3-11-5-9-13-10-6-11;/h11,13,15H,2-10H2,1H3,(H,14,16);1H. The lowest BCUT2D eigenvalue weighted by Gasteiger charge is -2.22. The maximum Gasteiger partial charge on any atom is 0.220 e. The van der Waals surface area contributed by atoms with Gasteiger partial charge >= 0.3 is 0 Å². The fraction of sp³-hybridized carbons (Fsp3) is 0.917. The molecule has 0 atom stereocenters. The molecule has 0 aliphatic carbocycles. The number of carbonyl (C=O) groups excluding carboxylic acids is 1. The molecule has 8 heteroatoms. The van der Waals surface area contributed by atoms with Crippen LogP contribution >= 0.6 is 12.4 Å². The van der Waals surface area contributed by atoms with Crippen molar-refractivity contribution in [3.8, 4) is 0 Å². The molecule has 0 bridgehead atoms. The SMILES string of the molecule is CS(=O)(=O)NCCCNC(=O)CCC1CCNCC1.Cl. The van der Waals surface area contributed by atoms with Gasteiger partial charge in [-0.05, 0) is 44.7 Å². The van der Waals surface area contributed by atoms with Crippen molar-refractivity contribution in [3.05, 3.63) is 0 Å². The Morgan fingerprint density at radius 2 is 1.90 bits per heavy atom. The van der Waals surface area contributed by atoms with Gasteiger partial charge in [-0.3, -0.25) is 4.79 Å². The molecule has 0 unspecified atom stereocenters. The van der Waals surface area contributed by atoms with Crippen LogP contribution in [0.1, 0.15) is 32.1 Å². The topological polar surface area (TPSA) is 87.3 Å². The number of nitrogens with one attached hydrogen (secondary N) is 3. The van der Waals surface area contributed by atoms with Crippen LogP contribution in [0.5, 0.6) is 0 Å². The maximum absolute atomic E-state index is 11.6. The van der Waals surface area contributed by atoms with E-state index in [-0.39, 0.29) is 18.3 Å². The van der Waals surface area contributed by atoms with E-state index in [4.69, 9.17) is 0 Å². The molecule has 0 aromatic rings. The van der Waals surface area contributed by atoms with Crippen molar-refractivity contribution in [2.45, 2.75) is 32.1 Å². The summed E-state index contributed by atoms with van der Waals surface area (Å²) in [7, 11) is -3.12. The molecule has 20 heavy (non-hydrogen) atoms. The number of halogens is 1. The molecule has 1 fully saturated rings. The second-order valence-corrected chi connectivity index (χ2v) is 6.94. The van der Waals surface area contributed by atoms with Crippen molar-refractivity contribution in [2.75, 3.05) is 32.4 Å². The van der Waals surface area contributed by atoms with Gasteiger partial charge in [0.05, 0.1) is 6.26 Å². The number of piperidine rings is 1. The molecular formula is C12H26ClN3O3S. The molecular weight excluding hydrogens is 302 g/mol. The van der Waals surface area contributed by atoms with Gasteiger partial charge in [-0.1, -0.05) is 0 Å². The normalized spacial score (nSPS) is 16.4. The third kappa shape index (κ3) is 10.4. The fourth-order valence-corrected chi connectivity index (χ4v) is 2.68. The van der Waals surface area contributed by atoms with Crippen LogP contribution in [0, 0.1) is 5.92 Å². The second-order valence-electron chi connectivity index (χ2n) is 5.10. The zero-order chi connectivity index (χ0) is 14.1. The van der Waals surface area contributed by atoms with Crippen molar-refractivity contribution in [1.29, 1.82) is 0 Å². The van der Waals surface area contributed by atoms with Gasteiger partial charge < -0.3 is 10.6 Å². The smallest absolute Gasteiger partial charge is 0.220 e. The van der Waals surface area contributed by atoms with E-state index in [9.17, 15) is 13.2 Å². The molecule has 0 aromatic carbocycles. The summed E-state index contributed by atoms with van der Waals surface area (Å²) < 4.78 is 24.0. The Kier molecular flexibility index (Phi) is 10.2. The Morgan fingerprint density at radius 1 is 1.25 bits per heavy atom. The molecule has 0 saturated carbocycles. The molecule has 6 nitrogen and oxygen atoms in total. The molecule has 1 saturated heterocycles. The Labute approximate surface area is 127 Å². The third-order valence-electron chi connectivity index (χ3n) is 3.28. The summed E-state index contributed by atoms with van der Waals surface area (Å²) in [5.41, 5.74) is 0. The first-order valence-corrected chi connectivity index (χ1v) is 8.78. The largest absolute Gasteiger partial charge is 0.356 e. The van der Waals surface area contributed by atoms with Gasteiger partial charge in [0.1, 0.15) is 0 Å². The Bertz CT molecular complexity index is 370. The van der Waals surface area contributed by atoms with E-state index >= 15 is 0 Å². The third-order valence-corrected chi connectivity index (χ3v) is 4.01. The van der Waals surface area contributed by atoms with E-state index in [0.29, 0.717) is 31.8 Å². The van der Waals surface area contributed by atoms with Gasteiger partial charge in [0.2, 0.25) is 15.9 Å². The first kappa shape index (κ1) is 19.6. The van der Waals surface area contributed by atoms with Gasteiger partial charge in [-0.2, -0.15) is 0 Å². The van der Waals surface area contributed by atoms with Crippen LogP contribution in [-0.2, 0) is 14.8 Å². The van der Waals surface area contributed by atoms with E-state index in [1.165, 1.54) is 0 Å². The Morgan fingerprint density at radius 3 is 2.50 bits per heavy atom. The lowest BCUT2D eigenvalue weighted by atomic mass is 9.93. The van der Waals surface area contributed by atoms with Gasteiger partial charge in [0.25, 0.3) is 0 Å². The molecule has 1 rings (SSSR count). The summed E-state index contributed by atoms with van der Waals surface area (Å²) in [6, 6.07) is 0. The Hall–Kier alpha value is -0.370. The second kappa shape index (κ2) is 10.4. The highest BCUT2D eigenvalue weighted by Gasteiger charge is 2.14. The summed E-state index contributed by atoms with van der Waals surface area (Å²) >= 11 is 0. The average Bonchev–Trinajstić information content (AvgIpc) is 2.36. The molecule has 120 valence electrons. The first-order valence-electron chi connectivity index (χ1n) is 6.89. The van der Waals surface area contributed by atoms with Crippen molar-refractivity contribution in [3.63, 3.8) is 0 Å². The molecule has 1 heterocycles. The zero-order valence-corrected chi connectivity index (χ0v) is 13.6. The minimum atomic E-state index is -3.12. The van der Waals surface area contributed by atoms with Crippen molar-refractivity contribution in [2.24, 2.45) is 5.92 Å². The highest BCUT2D eigenvalue weighted by Crippen LogP contribution is 2.17. The number of hydrogen-bond acceptors (Lipinski definition) is 4. The summed E-state index contributed by atoms with van der Waals surface area (Å²) in [6.45, 7) is 3.01. The van der Waals surface area contributed by atoms with E-state index < -0.39 is 10.0 Å². The van der Waals surface area contributed by atoms with E-state index in [2.05, 4.69) is 15.4 Å². The van der Waals surface area contributed by atoms with Gasteiger partial charge in [-0.15, -0.1) is 12.4 Å². The number of carbonyl (C=O) groups is 1. The van der Waals surface area contributed by atoms with E-state index in [1.54, 1.807) is 0 Å².